The maximum absolute atomic E-state index is 13.2. The van der Waals surface area contributed by atoms with Crippen molar-refractivity contribution in [2.24, 2.45) is 5.73 Å². The number of benzene rings is 1. The van der Waals surface area contributed by atoms with Crippen LogP contribution >= 0.6 is 0 Å². The number of nitrogens with one attached hydrogen (secondary N) is 1. The quantitative estimate of drug-likeness (QED) is 0.846. The van der Waals surface area contributed by atoms with Gasteiger partial charge < -0.3 is 15.4 Å². The first-order valence-electron chi connectivity index (χ1n) is 8.20. The SMILES string of the molecule is NC(=O)C1c2c[nH]nc2CN1C(=O)C1(c2ccc(OC(F)(F)F)cc2)CC1. The first-order valence-corrected chi connectivity index (χ1v) is 8.20. The van der Waals surface area contributed by atoms with E-state index in [0.29, 0.717) is 29.7 Å². The number of aromatic amines is 1. The molecule has 1 fully saturated rings. The molecule has 3 N–H and O–H groups in total. The minimum absolute atomic E-state index is 0.155. The third kappa shape index (κ3) is 2.90. The predicted octanol–water partition coefficient (Wildman–Crippen LogP) is 1.91. The number of H-pyrrole nitrogens is 1. The van der Waals surface area contributed by atoms with E-state index in [9.17, 15) is 22.8 Å². The number of fused-ring (bicyclic) bond motifs is 1. The average molecular weight is 380 g/mol. The Morgan fingerprint density at radius 2 is 1.93 bits per heavy atom. The fraction of sp³-hybridized carbons (Fsp3) is 0.353. The van der Waals surface area contributed by atoms with Gasteiger partial charge in [0.05, 0.1) is 17.7 Å². The Hall–Kier alpha value is -3.04. The molecular formula is C17H15F3N4O3. The van der Waals surface area contributed by atoms with Crippen molar-refractivity contribution in [2.45, 2.75) is 37.2 Å². The second-order valence-electron chi connectivity index (χ2n) is 6.68. The average Bonchev–Trinajstić information content (AvgIpc) is 3.12. The molecule has 0 radical (unpaired) electrons. The van der Waals surface area contributed by atoms with Gasteiger partial charge in [0.15, 0.2) is 0 Å². The molecule has 0 spiro atoms. The van der Waals surface area contributed by atoms with Gasteiger partial charge in [0.25, 0.3) is 0 Å². The maximum Gasteiger partial charge on any atom is 0.573 e. The first kappa shape index (κ1) is 17.4. The number of primary amides is 1. The Labute approximate surface area is 151 Å². The number of carbonyl (C=O) groups is 2. The first-order chi connectivity index (χ1) is 12.7. The number of hydrogen-bond donors (Lipinski definition) is 2. The normalized spacial score (nSPS) is 20.3. The van der Waals surface area contributed by atoms with Crippen LogP contribution in [-0.4, -0.2) is 33.3 Å². The topological polar surface area (TPSA) is 101 Å². The molecule has 10 heteroatoms. The number of rotatable bonds is 4. The number of alkyl halides is 3. The van der Waals surface area contributed by atoms with Crippen molar-refractivity contribution in [3.63, 3.8) is 0 Å². The summed E-state index contributed by atoms with van der Waals surface area (Å²) < 4.78 is 40.8. The van der Waals surface area contributed by atoms with E-state index in [0.717, 1.165) is 0 Å². The summed E-state index contributed by atoms with van der Waals surface area (Å²) in [5.41, 5.74) is 6.35. The van der Waals surface area contributed by atoms with E-state index in [1.54, 1.807) is 6.20 Å². The summed E-state index contributed by atoms with van der Waals surface area (Å²) in [6, 6.07) is 4.34. The van der Waals surface area contributed by atoms with Gasteiger partial charge in [-0.1, -0.05) is 12.1 Å². The van der Waals surface area contributed by atoms with Gasteiger partial charge in [-0.15, -0.1) is 13.2 Å². The van der Waals surface area contributed by atoms with E-state index in [1.807, 2.05) is 0 Å². The summed E-state index contributed by atoms with van der Waals surface area (Å²) >= 11 is 0. The number of aromatic nitrogens is 2. The van der Waals surface area contributed by atoms with Crippen LogP contribution in [-0.2, 0) is 21.5 Å². The van der Waals surface area contributed by atoms with Crippen LogP contribution in [0.1, 0.15) is 35.7 Å². The van der Waals surface area contributed by atoms with Gasteiger partial charge in [-0.2, -0.15) is 5.10 Å². The molecule has 0 bridgehead atoms. The van der Waals surface area contributed by atoms with Gasteiger partial charge in [-0.3, -0.25) is 14.7 Å². The molecule has 1 unspecified atom stereocenters. The molecule has 7 nitrogen and oxygen atoms in total. The second-order valence-corrected chi connectivity index (χ2v) is 6.68. The number of ether oxygens (including phenoxy) is 1. The Morgan fingerprint density at radius 1 is 1.26 bits per heavy atom. The Balaban J connectivity index is 1.59. The zero-order chi connectivity index (χ0) is 19.4. The van der Waals surface area contributed by atoms with Gasteiger partial charge >= 0.3 is 6.36 Å². The molecular weight excluding hydrogens is 365 g/mol. The van der Waals surface area contributed by atoms with Gasteiger partial charge in [-0.25, -0.2) is 0 Å². The van der Waals surface area contributed by atoms with Gasteiger partial charge in [0, 0.05) is 11.8 Å². The third-order valence-electron chi connectivity index (χ3n) is 5.01. The van der Waals surface area contributed by atoms with Crippen molar-refractivity contribution in [2.75, 3.05) is 0 Å². The molecule has 1 saturated carbocycles. The van der Waals surface area contributed by atoms with Crippen LogP contribution in [0.25, 0.3) is 0 Å². The van der Waals surface area contributed by atoms with Crippen molar-refractivity contribution in [3.8, 4) is 5.75 Å². The third-order valence-corrected chi connectivity index (χ3v) is 5.01. The lowest BCUT2D eigenvalue weighted by molar-refractivity contribution is -0.274. The number of nitrogens with two attached hydrogens (primary N) is 1. The van der Waals surface area contributed by atoms with Crippen molar-refractivity contribution >= 4 is 11.8 Å². The molecule has 4 rings (SSSR count). The molecule has 0 saturated heterocycles. The summed E-state index contributed by atoms with van der Waals surface area (Å²) in [6.07, 6.45) is -2.16. The van der Waals surface area contributed by atoms with E-state index < -0.39 is 23.7 Å². The van der Waals surface area contributed by atoms with E-state index in [1.165, 1.54) is 29.2 Å². The number of nitrogens with zero attached hydrogens (tertiary/aromatic N) is 2. The minimum Gasteiger partial charge on any atom is -0.406 e. The maximum atomic E-state index is 13.2. The van der Waals surface area contributed by atoms with E-state index in [-0.39, 0.29) is 18.2 Å². The van der Waals surface area contributed by atoms with Crippen molar-refractivity contribution in [1.82, 2.24) is 15.1 Å². The second kappa shape index (κ2) is 5.73. The highest BCUT2D eigenvalue weighted by molar-refractivity contribution is 5.96. The van der Waals surface area contributed by atoms with E-state index in [4.69, 9.17) is 5.73 Å². The Morgan fingerprint density at radius 3 is 2.48 bits per heavy atom. The lowest BCUT2D eigenvalue weighted by Crippen LogP contribution is -2.42. The summed E-state index contributed by atoms with van der Waals surface area (Å²) in [5, 5.41) is 6.69. The highest BCUT2D eigenvalue weighted by Gasteiger charge is 2.56. The minimum atomic E-state index is -4.78. The van der Waals surface area contributed by atoms with Gasteiger partial charge in [0.1, 0.15) is 11.8 Å². The van der Waals surface area contributed by atoms with Gasteiger partial charge in [-0.05, 0) is 30.5 Å². The summed E-state index contributed by atoms with van der Waals surface area (Å²) in [6.45, 7) is 0.155. The molecule has 1 aliphatic carbocycles. The zero-order valence-electron chi connectivity index (χ0n) is 13.9. The Bertz CT molecular complexity index is 903. The largest absolute Gasteiger partial charge is 0.573 e. The highest BCUT2D eigenvalue weighted by Crippen LogP contribution is 2.52. The zero-order valence-corrected chi connectivity index (χ0v) is 13.9. The van der Waals surface area contributed by atoms with Crippen molar-refractivity contribution in [1.29, 1.82) is 0 Å². The van der Waals surface area contributed by atoms with Crippen LogP contribution in [0.3, 0.4) is 0 Å². The van der Waals surface area contributed by atoms with E-state index >= 15 is 0 Å². The lowest BCUT2D eigenvalue weighted by Gasteiger charge is -2.27. The van der Waals surface area contributed by atoms with Crippen LogP contribution in [0.2, 0.25) is 0 Å². The molecule has 27 heavy (non-hydrogen) atoms. The van der Waals surface area contributed by atoms with Crippen LogP contribution in [0.15, 0.2) is 30.5 Å². The standard InChI is InChI=1S/C17H15F3N4O3/c18-17(19,20)27-10-3-1-9(2-4-10)16(5-6-16)15(26)24-8-12-11(7-22-23-12)13(24)14(21)25/h1-4,7,13H,5-6,8H2,(H2,21,25)(H,22,23). The number of hydrogen-bond acceptors (Lipinski definition) is 4. The molecule has 1 aromatic carbocycles. The molecule has 1 atom stereocenters. The van der Waals surface area contributed by atoms with E-state index in [2.05, 4.69) is 14.9 Å². The van der Waals surface area contributed by atoms with Crippen molar-refractivity contribution < 1.29 is 27.5 Å². The van der Waals surface area contributed by atoms with Crippen LogP contribution in [0.5, 0.6) is 5.75 Å². The molecule has 2 aliphatic rings. The molecule has 1 aliphatic heterocycles. The molecule has 2 aromatic rings. The molecule has 2 heterocycles. The highest BCUT2D eigenvalue weighted by atomic mass is 19.4. The summed E-state index contributed by atoms with van der Waals surface area (Å²) in [5.74, 6) is -1.30. The Kier molecular flexibility index (Phi) is 3.69. The fourth-order valence-corrected chi connectivity index (χ4v) is 3.61. The smallest absolute Gasteiger partial charge is 0.406 e. The summed E-state index contributed by atoms with van der Waals surface area (Å²) in [7, 11) is 0. The fourth-order valence-electron chi connectivity index (χ4n) is 3.61. The summed E-state index contributed by atoms with van der Waals surface area (Å²) in [4.78, 5) is 26.5. The number of halogens is 3. The monoisotopic (exact) mass is 380 g/mol. The number of carbonyl (C=O) groups excluding carboxylic acids is 2. The van der Waals surface area contributed by atoms with Crippen LogP contribution in [0.4, 0.5) is 13.2 Å². The van der Waals surface area contributed by atoms with Crippen LogP contribution < -0.4 is 10.5 Å². The lowest BCUT2D eigenvalue weighted by atomic mass is 9.93. The molecule has 2 amide bonds. The molecule has 142 valence electrons. The van der Waals surface area contributed by atoms with Crippen molar-refractivity contribution in [3.05, 3.63) is 47.3 Å². The predicted molar refractivity (Wildman–Crippen MR) is 85.1 cm³/mol. The molecule has 1 aromatic heterocycles. The van der Waals surface area contributed by atoms with Crippen LogP contribution in [0, 0.1) is 0 Å². The number of amides is 2. The van der Waals surface area contributed by atoms with Gasteiger partial charge in [0.2, 0.25) is 11.8 Å².